The maximum atomic E-state index is 5.65. The predicted molar refractivity (Wildman–Crippen MR) is 55.3 cm³/mol. The Morgan fingerprint density at radius 1 is 1.50 bits per heavy atom. The molecular weight excluding hydrogens is 350 g/mol. The normalized spacial score (nSPS) is 39.0. The molecule has 0 radical (unpaired) electrons. The summed E-state index contributed by atoms with van der Waals surface area (Å²) in [6.07, 6.45) is 4.30. The van der Waals surface area contributed by atoms with E-state index in [1.54, 1.807) is 18.1 Å². The zero-order valence-electron chi connectivity index (χ0n) is 8.99. The van der Waals surface area contributed by atoms with E-state index in [4.69, 9.17) is 5.73 Å². The van der Waals surface area contributed by atoms with Gasteiger partial charge < -0.3 is 0 Å². The minimum absolute atomic E-state index is 0.607. The van der Waals surface area contributed by atoms with Crippen molar-refractivity contribution in [3.05, 3.63) is 0 Å². The van der Waals surface area contributed by atoms with Crippen molar-refractivity contribution in [1.29, 1.82) is 0 Å². The van der Waals surface area contributed by atoms with Crippen LogP contribution in [0.3, 0.4) is 0 Å². The van der Waals surface area contributed by atoms with E-state index in [0.717, 1.165) is 28.6 Å². The van der Waals surface area contributed by atoms with Gasteiger partial charge in [-0.25, -0.2) is 0 Å². The molecule has 0 saturated heterocycles. The van der Waals surface area contributed by atoms with E-state index < -0.39 is 0 Å². The molecule has 3 N–H and O–H groups in total. The fraction of sp³-hybridized carbons (Fsp3) is 0.909. The van der Waals surface area contributed by atoms with Crippen molar-refractivity contribution in [3.8, 4) is 0 Å². The summed E-state index contributed by atoms with van der Waals surface area (Å²) in [6.45, 7) is 5.98. The Kier molecular flexibility index (Phi) is 2.95. The van der Waals surface area contributed by atoms with Crippen LogP contribution in [0.4, 0.5) is 0 Å². The summed E-state index contributed by atoms with van der Waals surface area (Å²) in [6, 6.07) is 0. The topological polar surface area (TPSA) is 38.0 Å². The van der Waals surface area contributed by atoms with Gasteiger partial charge in [0.2, 0.25) is 0 Å². The summed E-state index contributed by atoms with van der Waals surface area (Å²) in [7, 11) is 0. The molecule has 2 nitrogen and oxygen atoms in total. The molecule has 0 aromatic rings. The summed E-state index contributed by atoms with van der Waals surface area (Å²) >= 11 is 1.75. The van der Waals surface area contributed by atoms with Crippen molar-refractivity contribution in [2.45, 2.75) is 33.1 Å². The summed E-state index contributed by atoms with van der Waals surface area (Å²) < 4.78 is 0.893. The quantitative estimate of drug-likeness (QED) is 0.785. The van der Waals surface area contributed by atoms with Crippen molar-refractivity contribution in [2.75, 3.05) is 6.54 Å². The standard InChI is InChI=1S/C11H20N2.Os/c1-11(2)9-4-3-8(6-13-7-12)10(11)5-9;/h8-10,13H,3-6,12H2,1-2H3;. The molecule has 0 amide bonds. The van der Waals surface area contributed by atoms with Gasteiger partial charge in [0.25, 0.3) is 0 Å². The first-order valence-electron chi connectivity index (χ1n) is 5.52. The first-order valence-corrected chi connectivity index (χ1v) is 6.79. The van der Waals surface area contributed by atoms with Gasteiger partial charge >= 0.3 is 96.3 Å². The van der Waals surface area contributed by atoms with Gasteiger partial charge in [0.15, 0.2) is 0 Å². The van der Waals surface area contributed by atoms with Crippen molar-refractivity contribution < 1.29 is 18.1 Å². The van der Waals surface area contributed by atoms with Crippen LogP contribution in [-0.4, -0.2) is 10.9 Å². The first-order chi connectivity index (χ1) is 6.51. The molecule has 82 valence electrons. The molecule has 0 aromatic carbocycles. The van der Waals surface area contributed by atoms with E-state index in [2.05, 4.69) is 19.2 Å². The molecular formula is C11H20N2Os. The van der Waals surface area contributed by atoms with Gasteiger partial charge in [-0.3, -0.25) is 0 Å². The first kappa shape index (κ1) is 10.9. The Balaban J connectivity index is 1.91. The summed E-state index contributed by atoms with van der Waals surface area (Å²) in [5.74, 6) is 2.81. The Morgan fingerprint density at radius 2 is 2.21 bits per heavy atom. The van der Waals surface area contributed by atoms with Crippen molar-refractivity contribution in [2.24, 2.45) is 28.9 Å². The Hall–Kier alpha value is 0.426. The van der Waals surface area contributed by atoms with Crippen LogP contribution >= 0.6 is 0 Å². The number of nitrogens with two attached hydrogens (primary N) is 1. The van der Waals surface area contributed by atoms with Gasteiger partial charge in [-0.2, -0.15) is 0 Å². The van der Waals surface area contributed by atoms with Crippen molar-refractivity contribution in [1.82, 2.24) is 5.32 Å². The van der Waals surface area contributed by atoms with E-state index in [9.17, 15) is 0 Å². The van der Waals surface area contributed by atoms with Crippen LogP contribution < -0.4 is 11.1 Å². The number of nitrogens with one attached hydrogen (secondary N) is 1. The third kappa shape index (κ3) is 1.75. The van der Waals surface area contributed by atoms with Crippen LogP contribution in [0.2, 0.25) is 0 Å². The molecule has 0 heterocycles. The summed E-state index contributed by atoms with van der Waals surface area (Å²) in [4.78, 5) is 0. The van der Waals surface area contributed by atoms with Gasteiger partial charge in [0, 0.05) is 0 Å². The number of fused-ring (bicyclic) bond motifs is 2. The average molecular weight is 371 g/mol. The van der Waals surface area contributed by atoms with Crippen molar-refractivity contribution in [3.63, 3.8) is 0 Å². The molecule has 3 saturated carbocycles. The fourth-order valence-electron chi connectivity index (χ4n) is 3.43. The van der Waals surface area contributed by atoms with E-state index in [0.29, 0.717) is 5.41 Å². The minimum atomic E-state index is 0.607. The molecule has 3 heteroatoms. The van der Waals surface area contributed by atoms with Crippen LogP contribution in [0.1, 0.15) is 33.1 Å². The molecule has 3 atom stereocenters. The Bertz CT molecular complexity index is 248. The maximum absolute atomic E-state index is 5.65. The molecule has 2 bridgehead atoms. The second-order valence-electron chi connectivity index (χ2n) is 5.41. The van der Waals surface area contributed by atoms with Gasteiger partial charge in [-0.1, -0.05) is 0 Å². The molecule has 3 fully saturated rings. The predicted octanol–water partition coefficient (Wildman–Crippen LogP) is 1.24. The van der Waals surface area contributed by atoms with Gasteiger partial charge in [0.05, 0.1) is 0 Å². The van der Waals surface area contributed by atoms with E-state index in [-0.39, 0.29) is 0 Å². The number of hydrogen-bond acceptors (Lipinski definition) is 2. The molecule has 0 aromatic heterocycles. The van der Waals surface area contributed by atoms with E-state index in [1.165, 1.54) is 19.3 Å². The van der Waals surface area contributed by atoms with Gasteiger partial charge in [0.1, 0.15) is 0 Å². The third-order valence-electron chi connectivity index (χ3n) is 4.53. The zero-order valence-corrected chi connectivity index (χ0v) is 11.5. The average Bonchev–Trinajstić information content (AvgIpc) is 2.14. The van der Waals surface area contributed by atoms with E-state index >= 15 is 0 Å². The van der Waals surface area contributed by atoms with Crippen LogP contribution in [0, 0.1) is 23.2 Å². The second kappa shape index (κ2) is 3.78. The molecule has 14 heavy (non-hydrogen) atoms. The van der Waals surface area contributed by atoms with Crippen LogP contribution in [0.25, 0.3) is 0 Å². The van der Waals surface area contributed by atoms with Crippen LogP contribution in [0.5, 0.6) is 0 Å². The molecule has 0 spiro atoms. The molecule has 3 aliphatic carbocycles. The SMILES string of the molecule is CC1(C)C2CCC(CN[C](N)=[Os])C1C2. The Morgan fingerprint density at radius 3 is 2.71 bits per heavy atom. The molecule has 0 aliphatic heterocycles. The monoisotopic (exact) mass is 372 g/mol. The van der Waals surface area contributed by atoms with Crippen molar-refractivity contribution >= 4 is 4.31 Å². The zero-order chi connectivity index (χ0) is 10.3. The number of hydrogen-bond donors (Lipinski definition) is 2. The van der Waals surface area contributed by atoms with Gasteiger partial charge in [-0.05, 0) is 0 Å². The number of rotatable bonds is 3. The molecule has 3 aliphatic rings. The van der Waals surface area contributed by atoms with Crippen LogP contribution in [0.15, 0.2) is 0 Å². The Labute approximate surface area is 96.4 Å². The fourth-order valence-corrected chi connectivity index (χ4v) is 3.69. The second-order valence-corrected chi connectivity index (χ2v) is 6.78. The molecule has 3 unspecified atom stereocenters. The summed E-state index contributed by atoms with van der Waals surface area (Å²) in [5, 5.41) is 3.31. The van der Waals surface area contributed by atoms with Gasteiger partial charge in [-0.15, -0.1) is 0 Å². The van der Waals surface area contributed by atoms with Crippen LogP contribution in [-0.2, 0) is 18.1 Å². The van der Waals surface area contributed by atoms with E-state index in [1.807, 2.05) is 0 Å². The third-order valence-corrected chi connectivity index (χ3v) is 4.98. The molecule has 3 rings (SSSR count). The summed E-state index contributed by atoms with van der Waals surface area (Å²) in [5.41, 5.74) is 6.26.